The van der Waals surface area contributed by atoms with Crippen LogP contribution < -0.4 is 10.5 Å². The molecule has 2 aromatic rings. The Balaban J connectivity index is 1.49. The summed E-state index contributed by atoms with van der Waals surface area (Å²) < 4.78 is 21.6. The van der Waals surface area contributed by atoms with Gasteiger partial charge in [-0.1, -0.05) is 37.1 Å². The van der Waals surface area contributed by atoms with E-state index < -0.39 is 0 Å². The van der Waals surface area contributed by atoms with E-state index in [0.717, 1.165) is 37.9 Å². The number of Topliss-reactive ketones (excluding diaryl/α,β-unsaturated/α-hetero) is 1. The van der Waals surface area contributed by atoms with Gasteiger partial charge < -0.3 is 30.1 Å². The smallest absolute Gasteiger partial charge is 0.305 e. The molecule has 3 N–H and O–H groups in total. The molecule has 220 valence electrons. The molecule has 0 amide bonds. The highest BCUT2D eigenvalue weighted by atomic mass is 35.5. The number of nitrogens with zero attached hydrogens (tertiary/aromatic N) is 2. The second kappa shape index (κ2) is 19.1. The zero-order valence-electron chi connectivity index (χ0n) is 23.5. The number of nitrogens with two attached hydrogens (primary N) is 1. The number of carbonyl (C=O) groups is 2. The minimum absolute atomic E-state index is 0.0314. The molecular weight excluding hydrogens is 536 g/mol. The molecule has 0 fully saturated rings. The largest absolute Gasteiger partial charge is 0.491 e. The maximum Gasteiger partial charge on any atom is 0.305 e. The maximum atomic E-state index is 12.4. The van der Waals surface area contributed by atoms with E-state index in [1.807, 2.05) is 19.1 Å². The fraction of sp³-hybridized carbons (Fsp3) is 0.552. The van der Waals surface area contributed by atoms with Crippen LogP contribution in [0.2, 0.25) is 5.15 Å². The molecule has 0 atom stereocenters. The molecule has 0 aliphatic carbocycles. The van der Waals surface area contributed by atoms with Crippen LogP contribution in [0.1, 0.15) is 73.6 Å². The summed E-state index contributed by atoms with van der Waals surface area (Å²) in [5, 5.41) is 8.27. The number of nitrogen functional groups attached to an aromatic ring is 1. The van der Waals surface area contributed by atoms with Crippen LogP contribution in [0.4, 0.5) is 5.82 Å². The Bertz CT molecular complexity index is 1080. The number of benzene rings is 1. The average Bonchev–Trinajstić information content (AvgIpc) is 2.92. The van der Waals surface area contributed by atoms with E-state index in [4.69, 9.17) is 41.7 Å². The van der Waals surface area contributed by atoms with Gasteiger partial charge in [-0.05, 0) is 56.7 Å². The summed E-state index contributed by atoms with van der Waals surface area (Å²) in [6.07, 6.45) is 5.45. The van der Waals surface area contributed by atoms with Crippen molar-refractivity contribution in [2.45, 2.75) is 65.2 Å². The summed E-state index contributed by atoms with van der Waals surface area (Å²) in [7, 11) is 0. The Kier molecular flexibility index (Phi) is 15.8. The normalized spacial score (nSPS) is 10.9. The first-order valence-electron chi connectivity index (χ1n) is 13.7. The van der Waals surface area contributed by atoms with Gasteiger partial charge in [0.05, 0.1) is 38.5 Å². The highest BCUT2D eigenvalue weighted by Crippen LogP contribution is 2.18. The standard InChI is InChI=1S/C29H41ClN4O6/c1-3-7-26(36)40-19-17-38-15-14-37-16-18-39-24-12-10-22(11-13-24)8-5-4-6-9-23(31)20-25(35)27-29(32)33-21(2)28(30)34-27/h10-13,31H,3-9,14-20H2,1-2H3,(H2,32,33). The molecule has 0 bridgehead atoms. The number of nitrogens with one attached hydrogen (secondary N) is 1. The van der Waals surface area contributed by atoms with E-state index in [1.54, 1.807) is 6.92 Å². The van der Waals surface area contributed by atoms with E-state index in [9.17, 15) is 9.59 Å². The van der Waals surface area contributed by atoms with E-state index in [1.165, 1.54) is 5.56 Å². The van der Waals surface area contributed by atoms with E-state index >= 15 is 0 Å². The van der Waals surface area contributed by atoms with Crippen LogP contribution in [-0.4, -0.2) is 67.1 Å². The van der Waals surface area contributed by atoms with Crippen molar-refractivity contribution in [2.75, 3.05) is 45.4 Å². The van der Waals surface area contributed by atoms with Gasteiger partial charge >= 0.3 is 5.97 Å². The fourth-order valence-electron chi connectivity index (χ4n) is 3.71. The van der Waals surface area contributed by atoms with Crippen LogP contribution in [0.5, 0.6) is 5.75 Å². The summed E-state index contributed by atoms with van der Waals surface area (Å²) in [5.74, 6) is 0.306. The third-order valence-electron chi connectivity index (χ3n) is 5.86. The lowest BCUT2D eigenvalue weighted by Gasteiger charge is -2.09. The quantitative estimate of drug-likeness (QED) is 0.0888. The molecule has 10 nitrogen and oxygen atoms in total. The number of aromatic nitrogens is 2. The molecule has 0 radical (unpaired) electrons. The number of ketones is 1. The minimum Gasteiger partial charge on any atom is -0.491 e. The zero-order valence-corrected chi connectivity index (χ0v) is 24.3. The van der Waals surface area contributed by atoms with Crippen LogP contribution in [0, 0.1) is 12.3 Å². The van der Waals surface area contributed by atoms with Gasteiger partial charge in [-0.25, -0.2) is 9.97 Å². The Hall–Kier alpha value is -3.08. The molecule has 0 saturated carbocycles. The van der Waals surface area contributed by atoms with Crippen LogP contribution in [-0.2, 0) is 25.4 Å². The molecule has 0 aliphatic rings. The number of rotatable bonds is 21. The third-order valence-corrected chi connectivity index (χ3v) is 6.22. The monoisotopic (exact) mass is 576 g/mol. The molecule has 0 spiro atoms. The first-order valence-corrected chi connectivity index (χ1v) is 14.1. The lowest BCUT2D eigenvalue weighted by atomic mass is 10.0. The summed E-state index contributed by atoms with van der Waals surface area (Å²) in [6.45, 7) is 6.02. The molecule has 1 aromatic heterocycles. The number of halogens is 1. The van der Waals surface area contributed by atoms with Crippen LogP contribution in [0.25, 0.3) is 0 Å². The zero-order chi connectivity index (χ0) is 29.2. The first kappa shape index (κ1) is 33.1. The molecule has 0 unspecified atom stereocenters. The Morgan fingerprint density at radius 3 is 2.30 bits per heavy atom. The fourth-order valence-corrected chi connectivity index (χ4v) is 3.84. The number of hydrogen-bond acceptors (Lipinski definition) is 10. The molecule has 0 aliphatic heterocycles. The SMILES string of the molecule is CCCC(=O)OCCOCCOCCOc1ccc(CCCCCC(=N)CC(=O)c2nc(Cl)c(C)nc2N)cc1. The number of esters is 1. The molecule has 40 heavy (non-hydrogen) atoms. The van der Waals surface area contributed by atoms with E-state index in [2.05, 4.69) is 22.1 Å². The van der Waals surface area contributed by atoms with Crippen molar-refractivity contribution in [2.24, 2.45) is 0 Å². The minimum atomic E-state index is -0.335. The second-order valence-corrected chi connectivity index (χ2v) is 9.64. The number of anilines is 1. The van der Waals surface area contributed by atoms with Crippen molar-refractivity contribution < 1.29 is 28.5 Å². The molecular formula is C29H41ClN4O6. The Morgan fingerprint density at radius 1 is 0.925 bits per heavy atom. The Morgan fingerprint density at radius 2 is 1.60 bits per heavy atom. The van der Waals surface area contributed by atoms with Crippen molar-refractivity contribution in [3.05, 3.63) is 46.4 Å². The predicted molar refractivity (Wildman–Crippen MR) is 154 cm³/mol. The number of aryl methyl sites for hydroxylation is 2. The molecule has 11 heteroatoms. The third kappa shape index (κ3) is 13.3. The molecule has 1 aromatic carbocycles. The lowest BCUT2D eigenvalue weighted by molar-refractivity contribution is -0.145. The van der Waals surface area contributed by atoms with Crippen molar-refractivity contribution in [3.63, 3.8) is 0 Å². The van der Waals surface area contributed by atoms with Crippen LogP contribution in [0.15, 0.2) is 24.3 Å². The van der Waals surface area contributed by atoms with Crippen molar-refractivity contribution in [3.8, 4) is 5.75 Å². The molecule has 0 saturated heterocycles. The highest BCUT2D eigenvalue weighted by molar-refractivity contribution is 6.30. The highest BCUT2D eigenvalue weighted by Gasteiger charge is 2.17. The summed E-state index contributed by atoms with van der Waals surface area (Å²) in [5.41, 5.74) is 7.86. The van der Waals surface area contributed by atoms with Gasteiger partial charge in [0.25, 0.3) is 0 Å². The van der Waals surface area contributed by atoms with E-state index in [-0.39, 0.29) is 41.4 Å². The van der Waals surface area contributed by atoms with E-state index in [0.29, 0.717) is 57.3 Å². The second-order valence-electron chi connectivity index (χ2n) is 9.29. The van der Waals surface area contributed by atoms with Crippen molar-refractivity contribution in [1.29, 1.82) is 5.41 Å². The number of hydrogen-bond donors (Lipinski definition) is 2. The van der Waals surface area contributed by atoms with Gasteiger partial charge in [0.15, 0.2) is 22.4 Å². The van der Waals surface area contributed by atoms with Gasteiger partial charge in [0.1, 0.15) is 19.0 Å². The summed E-state index contributed by atoms with van der Waals surface area (Å²) in [4.78, 5) is 31.7. The topological polar surface area (TPSA) is 147 Å². The summed E-state index contributed by atoms with van der Waals surface area (Å²) in [6, 6.07) is 8.00. The van der Waals surface area contributed by atoms with Gasteiger partial charge in [0, 0.05) is 12.1 Å². The number of carbonyl (C=O) groups excluding carboxylic acids is 2. The van der Waals surface area contributed by atoms with Crippen LogP contribution >= 0.6 is 11.6 Å². The number of ether oxygens (including phenoxy) is 4. The summed E-state index contributed by atoms with van der Waals surface area (Å²) >= 11 is 5.95. The van der Waals surface area contributed by atoms with Gasteiger partial charge in [-0.2, -0.15) is 0 Å². The molecule has 2 rings (SSSR count). The van der Waals surface area contributed by atoms with Crippen molar-refractivity contribution >= 4 is 34.9 Å². The van der Waals surface area contributed by atoms with Crippen molar-refractivity contribution in [1.82, 2.24) is 9.97 Å². The van der Waals surface area contributed by atoms with Gasteiger partial charge in [0.2, 0.25) is 0 Å². The maximum absolute atomic E-state index is 12.4. The van der Waals surface area contributed by atoms with Gasteiger partial charge in [-0.15, -0.1) is 0 Å². The Labute approximate surface area is 241 Å². The lowest BCUT2D eigenvalue weighted by Crippen LogP contribution is -2.14. The molecule has 1 heterocycles. The first-order chi connectivity index (χ1) is 19.3. The van der Waals surface area contributed by atoms with Crippen LogP contribution in [0.3, 0.4) is 0 Å². The predicted octanol–water partition coefficient (Wildman–Crippen LogP) is 5.17. The number of unbranched alkanes of at least 4 members (excludes halogenated alkanes) is 2. The average molecular weight is 577 g/mol. The van der Waals surface area contributed by atoms with Gasteiger partial charge in [-0.3, -0.25) is 9.59 Å².